The lowest BCUT2D eigenvalue weighted by Gasteiger charge is -2.18. The standard InChI is InChI=1S/C20H29N3/c1-2-7-23-13-17(9-19(21)14-5-3-4-6-14)18-8-15-11-22-12-16(15)10-20(18)23/h8,10,13-14,19,22H,2-7,9,11-12,21H2,1H3. The Morgan fingerprint density at radius 3 is 2.70 bits per heavy atom. The summed E-state index contributed by atoms with van der Waals surface area (Å²) in [6.07, 6.45) is 9.98. The van der Waals surface area contributed by atoms with Crippen LogP contribution in [0.4, 0.5) is 0 Å². The minimum absolute atomic E-state index is 0.324. The maximum absolute atomic E-state index is 6.58. The van der Waals surface area contributed by atoms with Crippen molar-refractivity contribution in [2.45, 2.75) is 71.1 Å². The Morgan fingerprint density at radius 2 is 1.96 bits per heavy atom. The first-order chi connectivity index (χ1) is 11.3. The van der Waals surface area contributed by atoms with Crippen LogP contribution in [-0.4, -0.2) is 10.6 Å². The quantitative estimate of drug-likeness (QED) is 0.884. The molecule has 124 valence electrons. The van der Waals surface area contributed by atoms with Gasteiger partial charge in [-0.15, -0.1) is 0 Å². The van der Waals surface area contributed by atoms with Crippen molar-refractivity contribution < 1.29 is 0 Å². The Bertz CT molecular complexity index is 694. The first kappa shape index (κ1) is 15.2. The van der Waals surface area contributed by atoms with E-state index >= 15 is 0 Å². The first-order valence-corrected chi connectivity index (χ1v) is 9.36. The summed E-state index contributed by atoms with van der Waals surface area (Å²) in [4.78, 5) is 0. The van der Waals surface area contributed by atoms with Gasteiger partial charge in [-0.05, 0) is 60.4 Å². The van der Waals surface area contributed by atoms with Gasteiger partial charge in [0.15, 0.2) is 0 Å². The van der Waals surface area contributed by atoms with Gasteiger partial charge in [-0.25, -0.2) is 0 Å². The number of rotatable bonds is 5. The third kappa shape index (κ3) is 2.81. The van der Waals surface area contributed by atoms with Crippen LogP contribution in [0.3, 0.4) is 0 Å². The van der Waals surface area contributed by atoms with Crippen molar-refractivity contribution in [2.75, 3.05) is 0 Å². The average molecular weight is 311 g/mol. The maximum Gasteiger partial charge on any atom is 0.0486 e. The largest absolute Gasteiger partial charge is 0.347 e. The number of aromatic nitrogens is 1. The SMILES string of the molecule is CCCn1cc(CC(N)C2CCCC2)c2cc3c(cc21)CNC3. The van der Waals surface area contributed by atoms with Gasteiger partial charge in [0.1, 0.15) is 0 Å². The predicted octanol–water partition coefficient (Wildman–Crippen LogP) is 3.71. The van der Waals surface area contributed by atoms with Crippen LogP contribution in [0.25, 0.3) is 10.9 Å². The van der Waals surface area contributed by atoms with Gasteiger partial charge in [-0.3, -0.25) is 0 Å². The zero-order valence-corrected chi connectivity index (χ0v) is 14.3. The van der Waals surface area contributed by atoms with Crippen molar-refractivity contribution in [2.24, 2.45) is 11.7 Å². The molecule has 2 heterocycles. The van der Waals surface area contributed by atoms with E-state index in [9.17, 15) is 0 Å². The van der Waals surface area contributed by atoms with Crippen molar-refractivity contribution >= 4 is 10.9 Å². The van der Waals surface area contributed by atoms with Crippen LogP contribution in [-0.2, 0) is 26.1 Å². The van der Waals surface area contributed by atoms with Crippen LogP contribution in [0.15, 0.2) is 18.3 Å². The molecule has 2 aliphatic rings. The number of nitrogens with one attached hydrogen (secondary N) is 1. The van der Waals surface area contributed by atoms with E-state index in [2.05, 4.69) is 35.1 Å². The Labute approximate surface area is 139 Å². The molecule has 2 aromatic rings. The fraction of sp³-hybridized carbons (Fsp3) is 0.600. The molecular formula is C20H29N3. The first-order valence-electron chi connectivity index (χ1n) is 9.36. The molecule has 3 nitrogen and oxygen atoms in total. The number of nitrogens with two attached hydrogens (primary N) is 1. The number of hydrogen-bond donors (Lipinski definition) is 2. The van der Waals surface area contributed by atoms with Gasteiger partial charge >= 0.3 is 0 Å². The molecule has 1 atom stereocenters. The van der Waals surface area contributed by atoms with Gasteiger partial charge in [-0.2, -0.15) is 0 Å². The summed E-state index contributed by atoms with van der Waals surface area (Å²) in [6.45, 7) is 5.38. The normalized spacial score (nSPS) is 19.6. The molecule has 1 aromatic carbocycles. The van der Waals surface area contributed by atoms with E-state index < -0.39 is 0 Å². The zero-order chi connectivity index (χ0) is 15.8. The van der Waals surface area contributed by atoms with E-state index in [4.69, 9.17) is 5.73 Å². The van der Waals surface area contributed by atoms with Gasteiger partial charge in [0, 0.05) is 42.8 Å². The van der Waals surface area contributed by atoms with E-state index in [-0.39, 0.29) is 0 Å². The predicted molar refractivity (Wildman–Crippen MR) is 96.4 cm³/mol. The number of benzene rings is 1. The Hall–Kier alpha value is -1.32. The van der Waals surface area contributed by atoms with Gasteiger partial charge in [0.2, 0.25) is 0 Å². The summed E-state index contributed by atoms with van der Waals surface area (Å²) in [5.41, 5.74) is 12.4. The molecule has 1 unspecified atom stereocenters. The topological polar surface area (TPSA) is 43.0 Å². The zero-order valence-electron chi connectivity index (χ0n) is 14.3. The molecule has 3 N–H and O–H groups in total. The second-order valence-corrected chi connectivity index (χ2v) is 7.50. The van der Waals surface area contributed by atoms with Crippen LogP contribution in [0, 0.1) is 5.92 Å². The lowest BCUT2D eigenvalue weighted by Crippen LogP contribution is -2.30. The molecule has 23 heavy (non-hydrogen) atoms. The Balaban J connectivity index is 1.70. The van der Waals surface area contributed by atoms with Crippen molar-refractivity contribution in [1.29, 1.82) is 0 Å². The van der Waals surface area contributed by atoms with Crippen molar-refractivity contribution in [3.05, 3.63) is 35.0 Å². The molecule has 0 radical (unpaired) electrons. The van der Waals surface area contributed by atoms with Crippen LogP contribution in [0.1, 0.15) is 55.7 Å². The highest BCUT2D eigenvalue weighted by atomic mass is 15.0. The summed E-state index contributed by atoms with van der Waals surface area (Å²) in [5, 5.41) is 4.91. The molecule has 3 heteroatoms. The number of fused-ring (bicyclic) bond motifs is 2. The van der Waals surface area contributed by atoms with Crippen molar-refractivity contribution in [1.82, 2.24) is 9.88 Å². The van der Waals surface area contributed by atoms with Crippen LogP contribution in [0.5, 0.6) is 0 Å². The Morgan fingerprint density at radius 1 is 1.22 bits per heavy atom. The maximum atomic E-state index is 6.58. The second-order valence-electron chi connectivity index (χ2n) is 7.50. The van der Waals surface area contributed by atoms with Crippen LogP contribution < -0.4 is 11.1 Å². The van der Waals surface area contributed by atoms with E-state index in [0.29, 0.717) is 6.04 Å². The highest BCUT2D eigenvalue weighted by molar-refractivity contribution is 5.86. The van der Waals surface area contributed by atoms with E-state index in [1.54, 1.807) is 0 Å². The highest BCUT2D eigenvalue weighted by Gasteiger charge is 2.24. The third-order valence-corrected chi connectivity index (χ3v) is 5.84. The fourth-order valence-corrected chi connectivity index (χ4v) is 4.55. The van der Waals surface area contributed by atoms with Crippen molar-refractivity contribution in [3.8, 4) is 0 Å². The molecule has 0 saturated heterocycles. The summed E-state index contributed by atoms with van der Waals surface area (Å²) < 4.78 is 2.45. The molecule has 0 bridgehead atoms. The molecule has 1 aromatic heterocycles. The molecule has 1 aliphatic heterocycles. The molecule has 1 saturated carbocycles. The number of hydrogen-bond acceptors (Lipinski definition) is 2. The lowest BCUT2D eigenvalue weighted by atomic mass is 9.92. The van der Waals surface area contributed by atoms with Gasteiger partial charge in [-0.1, -0.05) is 19.8 Å². The monoisotopic (exact) mass is 311 g/mol. The van der Waals surface area contributed by atoms with Crippen LogP contribution >= 0.6 is 0 Å². The summed E-state index contributed by atoms with van der Waals surface area (Å²) in [6, 6.07) is 5.16. The fourth-order valence-electron chi connectivity index (χ4n) is 4.55. The van der Waals surface area contributed by atoms with Gasteiger partial charge < -0.3 is 15.6 Å². The summed E-state index contributed by atoms with van der Waals surface area (Å²) >= 11 is 0. The van der Waals surface area contributed by atoms with E-state index in [1.165, 1.54) is 59.7 Å². The molecular weight excluding hydrogens is 282 g/mol. The third-order valence-electron chi connectivity index (χ3n) is 5.84. The minimum atomic E-state index is 0.324. The molecule has 0 amide bonds. The molecule has 1 aliphatic carbocycles. The summed E-state index contributed by atoms with van der Waals surface area (Å²) in [5.74, 6) is 0.732. The average Bonchev–Trinajstić information content (AvgIpc) is 3.27. The van der Waals surface area contributed by atoms with E-state index in [1.807, 2.05) is 0 Å². The van der Waals surface area contributed by atoms with Crippen molar-refractivity contribution in [3.63, 3.8) is 0 Å². The minimum Gasteiger partial charge on any atom is -0.347 e. The smallest absolute Gasteiger partial charge is 0.0486 e. The molecule has 1 fully saturated rings. The second kappa shape index (κ2) is 6.29. The molecule has 0 spiro atoms. The van der Waals surface area contributed by atoms with Gasteiger partial charge in [0.05, 0.1) is 0 Å². The van der Waals surface area contributed by atoms with E-state index in [0.717, 1.165) is 32.0 Å². The number of nitrogens with zero attached hydrogens (tertiary/aromatic N) is 1. The summed E-state index contributed by atoms with van der Waals surface area (Å²) in [7, 11) is 0. The highest BCUT2D eigenvalue weighted by Crippen LogP contribution is 2.32. The molecule has 4 rings (SSSR count). The number of aryl methyl sites for hydroxylation is 1. The van der Waals surface area contributed by atoms with Crippen LogP contribution in [0.2, 0.25) is 0 Å². The lowest BCUT2D eigenvalue weighted by molar-refractivity contribution is 0.429. The van der Waals surface area contributed by atoms with Gasteiger partial charge in [0.25, 0.3) is 0 Å². The Kier molecular flexibility index (Phi) is 4.16.